The monoisotopic (exact) mass is 327 g/mol. The average molecular weight is 327 g/mol. The van der Waals surface area contributed by atoms with E-state index in [1.54, 1.807) is 14.0 Å². The number of aliphatic carboxylic acids is 1. The van der Waals surface area contributed by atoms with E-state index in [1.165, 1.54) is 24.2 Å². The number of nitrogens with one attached hydrogen (secondary N) is 2. The maximum Gasteiger partial charge on any atom is 0.315 e. The minimum Gasteiger partial charge on any atom is -0.481 e. The van der Waals surface area contributed by atoms with Crippen LogP contribution in [0.5, 0.6) is 0 Å². The van der Waals surface area contributed by atoms with Gasteiger partial charge in [-0.05, 0) is 19.3 Å². The number of carboxylic acid groups (broad SMARTS) is 1. The first-order valence-corrected chi connectivity index (χ1v) is 8.41. The van der Waals surface area contributed by atoms with Gasteiger partial charge in [0.15, 0.2) is 0 Å². The molecule has 0 aromatic heterocycles. The van der Waals surface area contributed by atoms with Gasteiger partial charge in [-0.25, -0.2) is 4.79 Å². The molecule has 0 aromatic rings. The van der Waals surface area contributed by atoms with Crippen LogP contribution in [0, 0.1) is 5.92 Å². The predicted molar refractivity (Wildman–Crippen MR) is 87.1 cm³/mol. The maximum absolute atomic E-state index is 11.9. The van der Waals surface area contributed by atoms with Crippen LogP contribution in [0.1, 0.15) is 51.9 Å². The molecule has 1 aliphatic rings. The highest BCUT2D eigenvalue weighted by Gasteiger charge is 2.17. The van der Waals surface area contributed by atoms with Gasteiger partial charge in [-0.15, -0.1) is 0 Å². The molecule has 0 radical (unpaired) electrons. The van der Waals surface area contributed by atoms with Crippen LogP contribution in [0.15, 0.2) is 0 Å². The standard InChI is InChI=1S/C16H29N3O4/c1-12(15(21)22)11-19(2)14(20)9-6-10-17-16(23)18-13-7-4-3-5-8-13/h12-13H,3-11H2,1-2H3,(H,21,22)(H2,17,18,23). The van der Waals surface area contributed by atoms with Crippen LogP contribution in [0.2, 0.25) is 0 Å². The van der Waals surface area contributed by atoms with Crippen LogP contribution in [-0.2, 0) is 9.59 Å². The van der Waals surface area contributed by atoms with E-state index in [2.05, 4.69) is 10.6 Å². The molecule has 0 saturated heterocycles. The van der Waals surface area contributed by atoms with Gasteiger partial charge in [-0.1, -0.05) is 26.2 Å². The van der Waals surface area contributed by atoms with Gasteiger partial charge in [-0.3, -0.25) is 9.59 Å². The Morgan fingerprint density at radius 2 is 1.87 bits per heavy atom. The van der Waals surface area contributed by atoms with Crippen molar-refractivity contribution in [1.82, 2.24) is 15.5 Å². The first-order chi connectivity index (χ1) is 10.9. The van der Waals surface area contributed by atoms with Crippen LogP contribution in [0.4, 0.5) is 4.79 Å². The number of carbonyl (C=O) groups excluding carboxylic acids is 2. The summed E-state index contributed by atoms with van der Waals surface area (Å²) in [5.74, 6) is -1.60. The Hall–Kier alpha value is -1.79. The van der Waals surface area contributed by atoms with E-state index < -0.39 is 11.9 Å². The first-order valence-electron chi connectivity index (χ1n) is 8.41. The van der Waals surface area contributed by atoms with Crippen molar-refractivity contribution in [3.63, 3.8) is 0 Å². The van der Waals surface area contributed by atoms with Crippen molar-refractivity contribution < 1.29 is 19.5 Å². The van der Waals surface area contributed by atoms with Crippen LogP contribution >= 0.6 is 0 Å². The smallest absolute Gasteiger partial charge is 0.315 e. The van der Waals surface area contributed by atoms with Crippen LogP contribution in [0.25, 0.3) is 0 Å². The fourth-order valence-electron chi connectivity index (χ4n) is 2.71. The van der Waals surface area contributed by atoms with Gasteiger partial charge in [-0.2, -0.15) is 0 Å². The molecule has 1 fully saturated rings. The molecule has 0 aliphatic heterocycles. The molecule has 7 heteroatoms. The normalized spacial score (nSPS) is 16.4. The zero-order valence-electron chi connectivity index (χ0n) is 14.1. The number of nitrogens with zero attached hydrogens (tertiary/aromatic N) is 1. The van der Waals surface area contributed by atoms with Crippen molar-refractivity contribution in [2.24, 2.45) is 5.92 Å². The molecule has 7 nitrogen and oxygen atoms in total. The van der Waals surface area contributed by atoms with Crippen molar-refractivity contribution in [3.05, 3.63) is 0 Å². The van der Waals surface area contributed by atoms with Gasteiger partial charge in [0, 0.05) is 32.6 Å². The third-order valence-electron chi connectivity index (χ3n) is 4.19. The van der Waals surface area contributed by atoms with Gasteiger partial charge in [0.25, 0.3) is 0 Å². The van der Waals surface area contributed by atoms with E-state index in [0.717, 1.165) is 12.8 Å². The Morgan fingerprint density at radius 3 is 2.48 bits per heavy atom. The van der Waals surface area contributed by atoms with E-state index in [-0.39, 0.29) is 24.5 Å². The fraction of sp³-hybridized carbons (Fsp3) is 0.812. The van der Waals surface area contributed by atoms with Crippen molar-refractivity contribution in [3.8, 4) is 0 Å². The van der Waals surface area contributed by atoms with Crippen LogP contribution in [-0.4, -0.2) is 54.1 Å². The second kappa shape index (κ2) is 10.1. The molecule has 3 N–H and O–H groups in total. The molecule has 0 heterocycles. The lowest BCUT2D eigenvalue weighted by atomic mass is 9.96. The summed E-state index contributed by atoms with van der Waals surface area (Å²) in [6, 6.07) is 0.103. The number of rotatable bonds is 8. The molecule has 1 atom stereocenters. The summed E-state index contributed by atoms with van der Waals surface area (Å²) < 4.78 is 0. The minimum atomic E-state index is -0.911. The Kier molecular flexibility index (Phi) is 8.43. The van der Waals surface area contributed by atoms with E-state index in [1.807, 2.05) is 0 Å². The van der Waals surface area contributed by atoms with E-state index in [9.17, 15) is 14.4 Å². The van der Waals surface area contributed by atoms with Gasteiger partial charge in [0.05, 0.1) is 5.92 Å². The molecule has 1 saturated carbocycles. The predicted octanol–water partition coefficient (Wildman–Crippen LogP) is 1.58. The summed E-state index contributed by atoms with van der Waals surface area (Å²) >= 11 is 0. The highest BCUT2D eigenvalue weighted by atomic mass is 16.4. The van der Waals surface area contributed by atoms with E-state index in [0.29, 0.717) is 19.4 Å². The highest BCUT2D eigenvalue weighted by molar-refractivity contribution is 5.77. The molecule has 0 bridgehead atoms. The Bertz CT molecular complexity index is 408. The van der Waals surface area contributed by atoms with Gasteiger partial charge in [0.1, 0.15) is 0 Å². The third kappa shape index (κ3) is 7.85. The molecule has 0 spiro atoms. The lowest BCUT2D eigenvalue weighted by Crippen LogP contribution is -2.43. The molecule has 23 heavy (non-hydrogen) atoms. The Balaban J connectivity index is 2.12. The largest absolute Gasteiger partial charge is 0.481 e. The second-order valence-corrected chi connectivity index (χ2v) is 6.35. The van der Waals surface area contributed by atoms with E-state index >= 15 is 0 Å². The van der Waals surface area contributed by atoms with E-state index in [4.69, 9.17) is 5.11 Å². The van der Waals surface area contributed by atoms with Crippen LogP contribution < -0.4 is 10.6 Å². The number of hydrogen-bond donors (Lipinski definition) is 3. The van der Waals surface area contributed by atoms with Crippen molar-refractivity contribution in [1.29, 1.82) is 0 Å². The first kappa shape index (κ1) is 19.3. The quantitative estimate of drug-likeness (QED) is 0.589. The van der Waals surface area contributed by atoms with Crippen molar-refractivity contribution >= 4 is 17.9 Å². The molecule has 1 rings (SSSR count). The zero-order valence-corrected chi connectivity index (χ0v) is 14.1. The Labute approximate surface area is 137 Å². The second-order valence-electron chi connectivity index (χ2n) is 6.35. The van der Waals surface area contributed by atoms with Gasteiger partial charge < -0.3 is 20.6 Å². The molecule has 3 amide bonds. The van der Waals surface area contributed by atoms with Crippen molar-refractivity contribution in [2.75, 3.05) is 20.1 Å². The molecule has 0 aromatic carbocycles. The number of hydrogen-bond acceptors (Lipinski definition) is 3. The zero-order chi connectivity index (χ0) is 17.2. The highest BCUT2D eigenvalue weighted by Crippen LogP contribution is 2.17. The molecular weight excluding hydrogens is 298 g/mol. The fourth-order valence-corrected chi connectivity index (χ4v) is 2.71. The SMILES string of the molecule is CC(CN(C)C(=O)CCCNC(=O)NC1CCCCC1)C(=O)O. The lowest BCUT2D eigenvalue weighted by molar-refractivity contribution is -0.142. The number of amides is 3. The third-order valence-corrected chi connectivity index (χ3v) is 4.19. The molecular formula is C16H29N3O4. The number of urea groups is 1. The summed E-state index contributed by atoms with van der Waals surface area (Å²) in [4.78, 5) is 35.8. The minimum absolute atomic E-state index is 0.104. The number of carbonyl (C=O) groups is 3. The van der Waals surface area contributed by atoms with Gasteiger partial charge in [0.2, 0.25) is 5.91 Å². The summed E-state index contributed by atoms with van der Waals surface area (Å²) in [5, 5.41) is 14.6. The molecule has 132 valence electrons. The molecule has 1 aliphatic carbocycles. The van der Waals surface area contributed by atoms with Crippen molar-refractivity contribution in [2.45, 2.75) is 57.9 Å². The number of carboxylic acids is 1. The summed E-state index contributed by atoms with van der Waals surface area (Å²) in [5.41, 5.74) is 0. The average Bonchev–Trinajstić information content (AvgIpc) is 2.52. The molecule has 1 unspecified atom stereocenters. The summed E-state index contributed by atoms with van der Waals surface area (Å²) in [6.45, 7) is 2.21. The topological polar surface area (TPSA) is 98.7 Å². The van der Waals surface area contributed by atoms with Gasteiger partial charge >= 0.3 is 12.0 Å². The Morgan fingerprint density at radius 1 is 1.22 bits per heavy atom. The summed E-state index contributed by atoms with van der Waals surface area (Å²) in [7, 11) is 1.60. The van der Waals surface area contributed by atoms with Crippen LogP contribution in [0.3, 0.4) is 0 Å². The lowest BCUT2D eigenvalue weighted by Gasteiger charge is -2.23. The maximum atomic E-state index is 11.9. The summed E-state index contributed by atoms with van der Waals surface area (Å²) in [6.07, 6.45) is 6.50.